The summed E-state index contributed by atoms with van der Waals surface area (Å²) in [6.45, 7) is 4.78. The molecular formula is C14H18BrN. The van der Waals surface area contributed by atoms with E-state index in [0.717, 1.165) is 0 Å². The second-order valence-electron chi connectivity index (χ2n) is 5.49. The van der Waals surface area contributed by atoms with Crippen molar-refractivity contribution >= 4 is 21.6 Å². The van der Waals surface area contributed by atoms with Gasteiger partial charge in [-0.2, -0.15) is 0 Å². The summed E-state index contributed by atoms with van der Waals surface area (Å²) in [4.78, 5) is 2.55. The Hall–Kier alpha value is -0.500. The molecule has 2 aliphatic rings. The molecule has 0 amide bonds. The van der Waals surface area contributed by atoms with Crippen LogP contribution in [0.15, 0.2) is 22.7 Å². The summed E-state index contributed by atoms with van der Waals surface area (Å²) >= 11 is 3.53. The monoisotopic (exact) mass is 279 g/mol. The third-order valence-electron chi connectivity index (χ3n) is 4.22. The van der Waals surface area contributed by atoms with Crippen molar-refractivity contribution in [3.05, 3.63) is 28.2 Å². The Labute approximate surface area is 106 Å². The van der Waals surface area contributed by atoms with Crippen LogP contribution < -0.4 is 4.90 Å². The number of rotatable bonds is 1. The average Bonchev–Trinajstić information content (AvgIpc) is 2.65. The molecule has 1 aliphatic heterocycles. The lowest BCUT2D eigenvalue weighted by molar-refractivity contribution is 0.222. The van der Waals surface area contributed by atoms with E-state index >= 15 is 0 Å². The van der Waals surface area contributed by atoms with Crippen molar-refractivity contribution in [1.29, 1.82) is 0 Å². The minimum absolute atomic E-state index is 0.694. The van der Waals surface area contributed by atoms with Gasteiger partial charge in [-0.05, 0) is 43.5 Å². The molecule has 2 fully saturated rings. The first-order valence-electron chi connectivity index (χ1n) is 6.20. The largest absolute Gasteiger partial charge is 0.370 e. The molecule has 0 bridgehead atoms. The molecule has 0 radical (unpaired) electrons. The maximum absolute atomic E-state index is 3.53. The van der Waals surface area contributed by atoms with Gasteiger partial charge in [0.1, 0.15) is 0 Å². The Morgan fingerprint density at radius 3 is 2.50 bits per heavy atom. The number of hydrogen-bond acceptors (Lipinski definition) is 1. The van der Waals surface area contributed by atoms with E-state index in [9.17, 15) is 0 Å². The summed E-state index contributed by atoms with van der Waals surface area (Å²) in [7, 11) is 0. The highest BCUT2D eigenvalue weighted by atomic mass is 79.9. The molecule has 1 saturated carbocycles. The van der Waals surface area contributed by atoms with Gasteiger partial charge in [-0.25, -0.2) is 0 Å². The first kappa shape index (κ1) is 10.6. The second kappa shape index (κ2) is 3.76. The van der Waals surface area contributed by atoms with Crippen LogP contribution >= 0.6 is 15.9 Å². The number of anilines is 1. The minimum atomic E-state index is 0.694. The third-order valence-corrected chi connectivity index (χ3v) is 4.71. The van der Waals surface area contributed by atoms with Gasteiger partial charge < -0.3 is 4.90 Å². The van der Waals surface area contributed by atoms with Gasteiger partial charge in [0.05, 0.1) is 0 Å². The number of nitrogens with zero attached hydrogens (tertiary/aromatic N) is 1. The zero-order chi connectivity index (χ0) is 11.2. The Bertz CT molecular complexity index is 399. The SMILES string of the molecule is Cc1cc(Br)ccc1N1CC2(CCCC2)C1. The molecule has 3 rings (SSSR count). The highest BCUT2D eigenvalue weighted by Gasteiger charge is 2.44. The zero-order valence-electron chi connectivity index (χ0n) is 9.80. The summed E-state index contributed by atoms with van der Waals surface area (Å²) < 4.78 is 1.19. The molecule has 86 valence electrons. The summed E-state index contributed by atoms with van der Waals surface area (Å²) in [5.74, 6) is 0. The number of benzene rings is 1. The molecule has 2 heteroatoms. The smallest absolute Gasteiger partial charge is 0.0397 e. The maximum Gasteiger partial charge on any atom is 0.0397 e. The first-order chi connectivity index (χ1) is 7.69. The molecule has 1 aromatic rings. The van der Waals surface area contributed by atoms with Crippen molar-refractivity contribution in [3.63, 3.8) is 0 Å². The number of halogens is 1. The Morgan fingerprint density at radius 2 is 1.88 bits per heavy atom. The van der Waals surface area contributed by atoms with Crippen LogP contribution in [-0.2, 0) is 0 Å². The van der Waals surface area contributed by atoms with Crippen LogP contribution in [0.1, 0.15) is 31.2 Å². The van der Waals surface area contributed by atoms with Crippen molar-refractivity contribution in [3.8, 4) is 0 Å². The van der Waals surface area contributed by atoms with Gasteiger partial charge in [0.2, 0.25) is 0 Å². The van der Waals surface area contributed by atoms with Crippen LogP contribution in [0.5, 0.6) is 0 Å². The van der Waals surface area contributed by atoms with Crippen LogP contribution in [0.4, 0.5) is 5.69 Å². The molecule has 1 aromatic carbocycles. The van der Waals surface area contributed by atoms with Gasteiger partial charge in [-0.1, -0.05) is 28.8 Å². The predicted molar refractivity (Wildman–Crippen MR) is 72.0 cm³/mol. The van der Waals surface area contributed by atoms with E-state index in [1.54, 1.807) is 0 Å². The number of hydrogen-bond donors (Lipinski definition) is 0. The molecular weight excluding hydrogens is 262 g/mol. The topological polar surface area (TPSA) is 3.24 Å². The predicted octanol–water partition coefficient (Wildman–Crippen LogP) is 4.14. The van der Waals surface area contributed by atoms with Crippen LogP contribution in [0.2, 0.25) is 0 Å². The van der Waals surface area contributed by atoms with Crippen molar-refractivity contribution < 1.29 is 0 Å². The highest BCUT2D eigenvalue weighted by molar-refractivity contribution is 9.10. The molecule has 0 atom stereocenters. The normalized spacial score (nSPS) is 22.5. The van der Waals surface area contributed by atoms with Crippen LogP contribution in [-0.4, -0.2) is 13.1 Å². The molecule has 1 spiro atoms. The van der Waals surface area contributed by atoms with E-state index in [2.05, 4.69) is 46.0 Å². The van der Waals surface area contributed by atoms with E-state index in [-0.39, 0.29) is 0 Å². The molecule has 0 N–H and O–H groups in total. The summed E-state index contributed by atoms with van der Waals surface area (Å²) in [5, 5.41) is 0. The Kier molecular flexibility index (Phi) is 2.50. The van der Waals surface area contributed by atoms with Gasteiger partial charge in [0.15, 0.2) is 0 Å². The maximum atomic E-state index is 3.53. The quantitative estimate of drug-likeness (QED) is 0.747. The summed E-state index contributed by atoms with van der Waals surface area (Å²) in [5.41, 5.74) is 3.52. The number of aryl methyl sites for hydroxylation is 1. The third kappa shape index (κ3) is 1.67. The van der Waals surface area contributed by atoms with E-state index in [1.807, 2.05) is 0 Å². The Balaban J connectivity index is 1.76. The fourth-order valence-corrected chi connectivity index (χ4v) is 3.82. The second-order valence-corrected chi connectivity index (χ2v) is 6.41. The van der Waals surface area contributed by atoms with E-state index in [1.165, 1.54) is 54.5 Å². The van der Waals surface area contributed by atoms with Crippen molar-refractivity contribution in [2.75, 3.05) is 18.0 Å². The highest BCUT2D eigenvalue weighted by Crippen LogP contribution is 2.47. The lowest BCUT2D eigenvalue weighted by Gasteiger charge is -2.50. The van der Waals surface area contributed by atoms with Crippen molar-refractivity contribution in [2.45, 2.75) is 32.6 Å². The van der Waals surface area contributed by atoms with Gasteiger partial charge in [-0.3, -0.25) is 0 Å². The van der Waals surface area contributed by atoms with E-state index in [0.29, 0.717) is 5.41 Å². The van der Waals surface area contributed by atoms with Gasteiger partial charge in [0, 0.05) is 28.7 Å². The van der Waals surface area contributed by atoms with Gasteiger partial charge >= 0.3 is 0 Å². The fraction of sp³-hybridized carbons (Fsp3) is 0.571. The average molecular weight is 280 g/mol. The Morgan fingerprint density at radius 1 is 1.19 bits per heavy atom. The first-order valence-corrected chi connectivity index (χ1v) is 6.99. The lowest BCUT2D eigenvalue weighted by Crippen LogP contribution is -2.55. The van der Waals surface area contributed by atoms with Crippen LogP contribution in [0.3, 0.4) is 0 Å². The minimum Gasteiger partial charge on any atom is -0.370 e. The van der Waals surface area contributed by atoms with Gasteiger partial charge in [0.25, 0.3) is 0 Å². The molecule has 1 nitrogen and oxygen atoms in total. The summed E-state index contributed by atoms with van der Waals surface area (Å²) in [6.07, 6.45) is 5.82. The van der Waals surface area contributed by atoms with Crippen LogP contribution in [0.25, 0.3) is 0 Å². The molecule has 0 aromatic heterocycles. The van der Waals surface area contributed by atoms with Crippen LogP contribution in [0, 0.1) is 12.3 Å². The van der Waals surface area contributed by atoms with Gasteiger partial charge in [-0.15, -0.1) is 0 Å². The lowest BCUT2D eigenvalue weighted by atomic mass is 9.78. The van der Waals surface area contributed by atoms with E-state index in [4.69, 9.17) is 0 Å². The molecule has 1 saturated heterocycles. The molecule has 1 aliphatic carbocycles. The van der Waals surface area contributed by atoms with Crippen molar-refractivity contribution in [2.24, 2.45) is 5.41 Å². The zero-order valence-corrected chi connectivity index (χ0v) is 11.4. The molecule has 16 heavy (non-hydrogen) atoms. The van der Waals surface area contributed by atoms with E-state index < -0.39 is 0 Å². The summed E-state index contributed by atoms with van der Waals surface area (Å²) in [6, 6.07) is 6.62. The molecule has 0 unspecified atom stereocenters. The van der Waals surface area contributed by atoms with Crippen molar-refractivity contribution in [1.82, 2.24) is 0 Å². The standard InChI is InChI=1S/C14H18BrN/c1-11-8-12(15)4-5-13(11)16-9-14(10-16)6-2-3-7-14/h4-5,8H,2-3,6-7,9-10H2,1H3. The fourth-order valence-electron chi connectivity index (χ4n) is 3.35. The molecule has 1 heterocycles.